The van der Waals surface area contributed by atoms with E-state index in [0.29, 0.717) is 0 Å². The van der Waals surface area contributed by atoms with Crippen LogP contribution in [0.5, 0.6) is 0 Å². The number of hydrogen-bond acceptors (Lipinski definition) is 2. The number of hydrogen-bond donors (Lipinski definition) is 0. The number of rotatable bonds is 1. The van der Waals surface area contributed by atoms with Crippen LogP contribution in [0.15, 0.2) is 41.6 Å². The summed E-state index contributed by atoms with van der Waals surface area (Å²) in [6.07, 6.45) is 2.34. The number of aryl methyl sites for hydroxylation is 4. The zero-order valence-corrected chi connectivity index (χ0v) is 13.4. The minimum absolute atomic E-state index is 0.199. The SMILES string of the molecule is Cc1cc(C)c(C2=NOC3CCc4ccccc4C23)c(C)c1. The molecule has 1 aliphatic carbocycles. The second-order valence-corrected chi connectivity index (χ2v) is 6.61. The summed E-state index contributed by atoms with van der Waals surface area (Å²) in [4.78, 5) is 5.81. The monoisotopic (exact) mass is 291 g/mol. The van der Waals surface area contributed by atoms with Crippen LogP contribution >= 0.6 is 0 Å². The van der Waals surface area contributed by atoms with Gasteiger partial charge in [-0.25, -0.2) is 0 Å². The minimum atomic E-state index is 0.199. The number of oxime groups is 1. The summed E-state index contributed by atoms with van der Waals surface area (Å²) in [6.45, 7) is 6.51. The molecule has 2 atom stereocenters. The maximum Gasteiger partial charge on any atom is 0.140 e. The molecule has 0 saturated heterocycles. The van der Waals surface area contributed by atoms with E-state index in [1.165, 1.54) is 33.4 Å². The van der Waals surface area contributed by atoms with Gasteiger partial charge < -0.3 is 4.84 Å². The molecule has 2 aromatic rings. The molecule has 0 aromatic heterocycles. The largest absolute Gasteiger partial charge is 0.391 e. The third kappa shape index (κ3) is 1.98. The molecule has 0 radical (unpaired) electrons. The molecule has 0 N–H and O–H groups in total. The Hall–Kier alpha value is -2.09. The second kappa shape index (κ2) is 4.98. The van der Waals surface area contributed by atoms with E-state index in [9.17, 15) is 0 Å². The lowest BCUT2D eigenvalue weighted by Gasteiger charge is -2.27. The molecule has 2 heteroatoms. The van der Waals surface area contributed by atoms with Crippen molar-refractivity contribution in [2.24, 2.45) is 5.16 Å². The van der Waals surface area contributed by atoms with Crippen LogP contribution in [0, 0.1) is 20.8 Å². The van der Waals surface area contributed by atoms with Crippen molar-refractivity contribution in [3.63, 3.8) is 0 Å². The van der Waals surface area contributed by atoms with Crippen molar-refractivity contribution < 1.29 is 4.84 Å². The van der Waals surface area contributed by atoms with Gasteiger partial charge in [0.2, 0.25) is 0 Å². The molecule has 4 rings (SSSR count). The van der Waals surface area contributed by atoms with Crippen molar-refractivity contribution in [1.82, 2.24) is 0 Å². The Morgan fingerprint density at radius 3 is 2.55 bits per heavy atom. The summed E-state index contributed by atoms with van der Waals surface area (Å²) in [6, 6.07) is 13.2. The normalized spacial score (nSPS) is 22.6. The highest BCUT2D eigenvalue weighted by molar-refractivity contribution is 6.08. The van der Waals surface area contributed by atoms with E-state index in [1.807, 2.05) is 0 Å². The first-order chi connectivity index (χ1) is 10.6. The van der Waals surface area contributed by atoms with Gasteiger partial charge in [-0.2, -0.15) is 0 Å². The molecular formula is C20H21NO. The summed E-state index contributed by atoms with van der Waals surface area (Å²) < 4.78 is 0. The molecule has 2 aliphatic rings. The molecule has 2 unspecified atom stereocenters. The molecule has 1 aliphatic heterocycles. The Morgan fingerprint density at radius 1 is 1.05 bits per heavy atom. The molecule has 0 spiro atoms. The maximum absolute atomic E-state index is 5.81. The standard InChI is InChI=1S/C20H21NO/c1-12-10-13(2)18(14(3)11-12)20-19-16-7-5-4-6-15(16)8-9-17(19)22-21-20/h4-7,10-11,17,19H,8-9H2,1-3H3. The van der Waals surface area contributed by atoms with Gasteiger partial charge in [0, 0.05) is 5.56 Å². The predicted octanol–water partition coefficient (Wildman–Crippen LogP) is 4.44. The highest BCUT2D eigenvalue weighted by atomic mass is 16.6. The van der Waals surface area contributed by atoms with Crippen LogP contribution in [0.25, 0.3) is 0 Å². The van der Waals surface area contributed by atoms with Gasteiger partial charge in [0.15, 0.2) is 0 Å². The Morgan fingerprint density at radius 2 is 1.77 bits per heavy atom. The van der Waals surface area contributed by atoms with Gasteiger partial charge in [-0.3, -0.25) is 0 Å². The van der Waals surface area contributed by atoms with E-state index in [4.69, 9.17) is 4.84 Å². The molecular weight excluding hydrogens is 270 g/mol. The molecule has 0 saturated carbocycles. The third-order valence-corrected chi connectivity index (χ3v) is 4.97. The van der Waals surface area contributed by atoms with Crippen molar-refractivity contribution in [1.29, 1.82) is 0 Å². The van der Waals surface area contributed by atoms with Crippen molar-refractivity contribution in [2.75, 3.05) is 0 Å². The van der Waals surface area contributed by atoms with Crippen LogP contribution in [0.4, 0.5) is 0 Å². The van der Waals surface area contributed by atoms with Crippen molar-refractivity contribution >= 4 is 5.71 Å². The van der Waals surface area contributed by atoms with Crippen molar-refractivity contribution in [2.45, 2.75) is 45.6 Å². The topological polar surface area (TPSA) is 21.6 Å². The Balaban J connectivity index is 1.86. The van der Waals surface area contributed by atoms with E-state index in [-0.39, 0.29) is 12.0 Å². The summed E-state index contributed by atoms with van der Waals surface area (Å²) in [5.41, 5.74) is 9.13. The highest BCUT2D eigenvalue weighted by Crippen LogP contribution is 2.41. The Labute approximate surface area is 131 Å². The van der Waals surface area contributed by atoms with E-state index in [1.54, 1.807) is 0 Å². The van der Waals surface area contributed by atoms with Gasteiger partial charge >= 0.3 is 0 Å². The lowest BCUT2D eigenvalue weighted by molar-refractivity contribution is 0.0663. The van der Waals surface area contributed by atoms with Gasteiger partial charge in [-0.15, -0.1) is 0 Å². The summed E-state index contributed by atoms with van der Waals surface area (Å²) in [5.74, 6) is 0.282. The number of benzene rings is 2. The molecule has 0 amide bonds. The van der Waals surface area contributed by atoms with E-state index in [0.717, 1.165) is 18.6 Å². The number of nitrogens with zero attached hydrogens (tertiary/aromatic N) is 1. The van der Waals surface area contributed by atoms with Crippen LogP contribution in [0.2, 0.25) is 0 Å². The first-order valence-electron chi connectivity index (χ1n) is 8.05. The molecule has 22 heavy (non-hydrogen) atoms. The molecule has 0 bridgehead atoms. The lowest BCUT2D eigenvalue weighted by Crippen LogP contribution is -2.28. The van der Waals surface area contributed by atoms with E-state index >= 15 is 0 Å². The van der Waals surface area contributed by atoms with Crippen LogP contribution in [-0.4, -0.2) is 11.8 Å². The van der Waals surface area contributed by atoms with Gasteiger partial charge in [-0.1, -0.05) is 47.1 Å². The third-order valence-electron chi connectivity index (χ3n) is 4.97. The van der Waals surface area contributed by atoms with Crippen LogP contribution < -0.4 is 0 Å². The van der Waals surface area contributed by atoms with E-state index < -0.39 is 0 Å². The predicted molar refractivity (Wildman–Crippen MR) is 89.6 cm³/mol. The molecule has 2 nitrogen and oxygen atoms in total. The Kier molecular flexibility index (Phi) is 3.07. The highest BCUT2D eigenvalue weighted by Gasteiger charge is 2.40. The number of fused-ring (bicyclic) bond motifs is 3. The smallest absolute Gasteiger partial charge is 0.140 e. The van der Waals surface area contributed by atoms with Crippen LogP contribution in [-0.2, 0) is 11.3 Å². The summed E-state index contributed by atoms with van der Waals surface area (Å²) in [7, 11) is 0. The fourth-order valence-electron chi connectivity index (χ4n) is 4.13. The first-order valence-corrected chi connectivity index (χ1v) is 8.05. The molecule has 0 fully saturated rings. The quantitative estimate of drug-likeness (QED) is 0.761. The molecule has 112 valence electrons. The summed E-state index contributed by atoms with van der Waals surface area (Å²) in [5, 5.41) is 4.52. The van der Waals surface area contributed by atoms with Crippen LogP contribution in [0.3, 0.4) is 0 Å². The van der Waals surface area contributed by atoms with Gasteiger partial charge in [-0.05, 0) is 55.9 Å². The van der Waals surface area contributed by atoms with Crippen LogP contribution in [0.1, 0.15) is 45.7 Å². The minimum Gasteiger partial charge on any atom is -0.391 e. The average molecular weight is 291 g/mol. The van der Waals surface area contributed by atoms with Gasteiger partial charge in [0.25, 0.3) is 0 Å². The second-order valence-electron chi connectivity index (χ2n) is 6.61. The zero-order chi connectivity index (χ0) is 15.3. The van der Waals surface area contributed by atoms with Gasteiger partial charge in [0.05, 0.1) is 11.6 Å². The Bertz CT molecular complexity index is 752. The maximum atomic E-state index is 5.81. The fraction of sp³-hybridized carbons (Fsp3) is 0.350. The summed E-state index contributed by atoms with van der Waals surface area (Å²) >= 11 is 0. The lowest BCUT2D eigenvalue weighted by atomic mass is 9.76. The fourth-order valence-corrected chi connectivity index (χ4v) is 4.13. The molecule has 2 aromatic carbocycles. The first kappa shape index (κ1) is 13.6. The van der Waals surface area contributed by atoms with Crippen molar-refractivity contribution in [3.8, 4) is 0 Å². The van der Waals surface area contributed by atoms with Gasteiger partial charge in [0.1, 0.15) is 6.10 Å². The average Bonchev–Trinajstić information content (AvgIpc) is 2.90. The van der Waals surface area contributed by atoms with Crippen molar-refractivity contribution in [3.05, 3.63) is 69.8 Å². The molecule has 1 heterocycles. The van der Waals surface area contributed by atoms with E-state index in [2.05, 4.69) is 62.3 Å². The zero-order valence-electron chi connectivity index (χ0n) is 13.4.